The molecule has 1 fully saturated rings. The number of carbonyl (C=O) groups excluding carboxylic acids is 2. The molecule has 0 aliphatic carbocycles. The van der Waals surface area contributed by atoms with Crippen molar-refractivity contribution in [3.63, 3.8) is 0 Å². The number of carbonyl (C=O) groups is 2. The minimum absolute atomic E-state index is 0.0212. The maximum atomic E-state index is 15.2. The molecule has 5 rings (SSSR count). The quantitative estimate of drug-likeness (QED) is 0.223. The summed E-state index contributed by atoms with van der Waals surface area (Å²) in [5.41, 5.74) is 3.05. The number of amides is 2. The van der Waals surface area contributed by atoms with Crippen molar-refractivity contribution in [2.75, 3.05) is 46.2 Å². The summed E-state index contributed by atoms with van der Waals surface area (Å²) < 4.78 is 26.9. The molecular weight excluding hydrogens is 559 g/mol. The number of anilines is 1. The van der Waals surface area contributed by atoms with Gasteiger partial charge in [-0.3, -0.25) is 14.6 Å². The number of benzene rings is 3. The molecule has 1 aromatic heterocycles. The van der Waals surface area contributed by atoms with Crippen molar-refractivity contribution in [3.05, 3.63) is 89.9 Å². The van der Waals surface area contributed by atoms with Crippen LogP contribution in [-0.4, -0.2) is 67.4 Å². The molecule has 1 N–H and O–H groups in total. The van der Waals surface area contributed by atoms with E-state index in [1.807, 2.05) is 42.5 Å². The maximum Gasteiger partial charge on any atom is 0.313 e. The fourth-order valence-corrected chi connectivity index (χ4v) is 5.56. The van der Waals surface area contributed by atoms with Crippen LogP contribution in [-0.2, 0) is 22.4 Å². The minimum atomic E-state index is -0.840. The van der Waals surface area contributed by atoms with E-state index in [1.54, 1.807) is 26.4 Å². The number of halogens is 1. The third-order valence-electron chi connectivity index (χ3n) is 8.29. The zero-order valence-electron chi connectivity index (χ0n) is 25.5. The Hall–Kier alpha value is -4.50. The number of likely N-dealkylation sites (tertiary alicyclic amines) is 1. The zero-order chi connectivity index (χ0) is 31.1. The first kappa shape index (κ1) is 30.9. The number of nitrogens with zero attached hydrogens (tertiary/aromatic N) is 3. The van der Waals surface area contributed by atoms with Gasteiger partial charge in [-0.1, -0.05) is 30.3 Å². The Kier molecular flexibility index (Phi) is 10.1. The molecule has 0 unspecified atom stereocenters. The van der Waals surface area contributed by atoms with Crippen LogP contribution in [0.1, 0.15) is 30.4 Å². The number of ether oxygens (including phenoxy) is 2. The largest absolute Gasteiger partial charge is 0.496 e. The Labute approximate surface area is 257 Å². The van der Waals surface area contributed by atoms with Gasteiger partial charge in [0.2, 0.25) is 0 Å². The van der Waals surface area contributed by atoms with Crippen molar-refractivity contribution >= 4 is 28.4 Å². The van der Waals surface area contributed by atoms with Crippen molar-refractivity contribution in [3.8, 4) is 17.2 Å². The Morgan fingerprint density at radius 2 is 1.77 bits per heavy atom. The van der Waals surface area contributed by atoms with Crippen LogP contribution in [0.5, 0.6) is 17.2 Å². The molecule has 2 amide bonds. The smallest absolute Gasteiger partial charge is 0.313 e. The second kappa shape index (κ2) is 14.3. The summed E-state index contributed by atoms with van der Waals surface area (Å²) >= 11 is 0. The lowest BCUT2D eigenvalue weighted by molar-refractivity contribution is -0.142. The lowest BCUT2D eigenvalue weighted by atomic mass is 9.90. The highest BCUT2D eigenvalue weighted by molar-refractivity contribution is 6.39. The van der Waals surface area contributed by atoms with E-state index in [2.05, 4.69) is 22.2 Å². The molecule has 1 aliphatic rings. The fourth-order valence-electron chi connectivity index (χ4n) is 5.56. The Morgan fingerprint density at radius 1 is 1.00 bits per heavy atom. The van der Waals surface area contributed by atoms with E-state index in [1.165, 1.54) is 29.9 Å². The van der Waals surface area contributed by atoms with Crippen LogP contribution in [0.25, 0.3) is 10.9 Å². The summed E-state index contributed by atoms with van der Waals surface area (Å²) in [5, 5.41) is 3.19. The molecule has 0 radical (unpaired) electrons. The molecule has 2 heterocycles. The van der Waals surface area contributed by atoms with Gasteiger partial charge in [0, 0.05) is 36.9 Å². The monoisotopic (exact) mass is 598 g/mol. The van der Waals surface area contributed by atoms with Gasteiger partial charge >= 0.3 is 11.8 Å². The van der Waals surface area contributed by atoms with Crippen LogP contribution in [0.15, 0.2) is 72.9 Å². The summed E-state index contributed by atoms with van der Waals surface area (Å²) in [7, 11) is 5.38. The molecule has 44 heavy (non-hydrogen) atoms. The number of fused-ring (bicyclic) bond motifs is 1. The van der Waals surface area contributed by atoms with Gasteiger partial charge in [0.05, 0.1) is 12.6 Å². The fraction of sp³-hybridized carbons (Fsp3) is 0.343. The number of piperidine rings is 1. The molecule has 0 atom stereocenters. The van der Waals surface area contributed by atoms with Crippen molar-refractivity contribution in [2.45, 2.75) is 32.1 Å². The highest BCUT2D eigenvalue weighted by Gasteiger charge is 2.21. The third kappa shape index (κ3) is 7.71. The first-order chi connectivity index (χ1) is 21.3. The molecule has 3 aromatic carbocycles. The Bertz CT molecular complexity index is 1610. The number of aromatic nitrogens is 1. The van der Waals surface area contributed by atoms with E-state index in [9.17, 15) is 9.59 Å². The highest BCUT2D eigenvalue weighted by Crippen LogP contribution is 2.36. The highest BCUT2D eigenvalue weighted by atomic mass is 19.1. The third-order valence-corrected chi connectivity index (χ3v) is 8.29. The van der Waals surface area contributed by atoms with E-state index >= 15 is 4.39 Å². The first-order valence-electron chi connectivity index (χ1n) is 15.0. The lowest BCUT2D eigenvalue weighted by Gasteiger charge is -2.29. The van der Waals surface area contributed by atoms with Gasteiger partial charge in [-0.15, -0.1) is 0 Å². The van der Waals surface area contributed by atoms with E-state index < -0.39 is 17.6 Å². The predicted molar refractivity (Wildman–Crippen MR) is 170 cm³/mol. The Balaban J connectivity index is 1.23. The van der Waals surface area contributed by atoms with Gasteiger partial charge in [0.15, 0.2) is 11.6 Å². The van der Waals surface area contributed by atoms with Gasteiger partial charge in [0.1, 0.15) is 11.5 Å². The standard InChI is InChI=1S/C35H39FN4O4/c1-39-18-14-25(15-19-39)9-10-26-21-30-28(23-33(26)43-3)31(13-17-37-30)44-32-12-11-27(22-29(32)36)38-34(41)35(42)40(2)20-16-24-7-5-4-6-8-24/h4-8,11-13,17,21-23,25H,9-10,14-16,18-20H2,1-3H3,(H,38,41). The molecule has 0 bridgehead atoms. The van der Waals surface area contributed by atoms with Crippen LogP contribution in [0.4, 0.5) is 10.1 Å². The number of pyridine rings is 1. The van der Waals surface area contributed by atoms with Gasteiger partial charge in [-0.25, -0.2) is 4.39 Å². The summed E-state index contributed by atoms with van der Waals surface area (Å²) in [6, 6.07) is 19.4. The van der Waals surface area contributed by atoms with E-state index in [-0.39, 0.29) is 11.4 Å². The number of nitrogens with one attached hydrogen (secondary N) is 1. The molecule has 8 nitrogen and oxygen atoms in total. The van der Waals surface area contributed by atoms with Crippen molar-refractivity contribution in [1.82, 2.24) is 14.8 Å². The molecule has 0 spiro atoms. The number of methoxy groups -OCH3 is 1. The number of hydrogen-bond donors (Lipinski definition) is 1. The van der Waals surface area contributed by atoms with E-state index in [4.69, 9.17) is 9.47 Å². The minimum Gasteiger partial charge on any atom is -0.496 e. The second-order valence-electron chi connectivity index (χ2n) is 11.4. The van der Waals surface area contributed by atoms with Gasteiger partial charge in [-0.2, -0.15) is 0 Å². The van der Waals surface area contributed by atoms with Crippen LogP contribution < -0.4 is 14.8 Å². The summed E-state index contributed by atoms with van der Waals surface area (Å²) in [6.45, 7) is 2.65. The Morgan fingerprint density at radius 3 is 2.50 bits per heavy atom. The normalized spacial score (nSPS) is 13.9. The number of likely N-dealkylation sites (N-methyl/N-ethyl adjacent to an activating group) is 1. The molecule has 0 saturated carbocycles. The summed E-state index contributed by atoms with van der Waals surface area (Å²) in [4.78, 5) is 33.4. The first-order valence-corrected chi connectivity index (χ1v) is 15.0. The average molecular weight is 599 g/mol. The lowest BCUT2D eigenvalue weighted by Crippen LogP contribution is -2.38. The van der Waals surface area contributed by atoms with Crippen molar-refractivity contribution in [2.24, 2.45) is 5.92 Å². The molecule has 230 valence electrons. The van der Waals surface area contributed by atoms with E-state index in [0.717, 1.165) is 54.4 Å². The van der Waals surface area contributed by atoms with Gasteiger partial charge in [-0.05, 0) is 99.6 Å². The molecular formula is C35H39FN4O4. The second-order valence-corrected chi connectivity index (χ2v) is 11.4. The molecule has 1 aliphatic heterocycles. The zero-order valence-corrected chi connectivity index (χ0v) is 25.5. The maximum absolute atomic E-state index is 15.2. The molecule has 1 saturated heterocycles. The van der Waals surface area contributed by atoms with Gasteiger partial charge in [0.25, 0.3) is 0 Å². The van der Waals surface area contributed by atoms with Crippen molar-refractivity contribution in [1.29, 1.82) is 0 Å². The average Bonchev–Trinajstić information content (AvgIpc) is 3.04. The number of rotatable bonds is 10. The van der Waals surface area contributed by atoms with Crippen LogP contribution in [0.3, 0.4) is 0 Å². The number of aryl methyl sites for hydroxylation is 1. The number of hydrogen-bond acceptors (Lipinski definition) is 6. The topological polar surface area (TPSA) is 84.0 Å². The predicted octanol–water partition coefficient (Wildman–Crippen LogP) is 6.09. The molecule has 9 heteroatoms. The summed E-state index contributed by atoms with van der Waals surface area (Å²) in [6.07, 6.45) is 6.66. The van der Waals surface area contributed by atoms with E-state index in [0.29, 0.717) is 30.0 Å². The van der Waals surface area contributed by atoms with Crippen LogP contribution in [0.2, 0.25) is 0 Å². The van der Waals surface area contributed by atoms with Crippen molar-refractivity contribution < 1.29 is 23.5 Å². The van der Waals surface area contributed by atoms with Gasteiger partial charge < -0.3 is 24.6 Å². The summed E-state index contributed by atoms with van der Waals surface area (Å²) in [5.74, 6) is -0.367. The molecule has 4 aromatic rings. The van der Waals surface area contributed by atoms with Crippen LogP contribution in [0, 0.1) is 11.7 Å². The SMILES string of the molecule is COc1cc2c(Oc3ccc(NC(=O)C(=O)N(C)CCc4ccccc4)cc3F)ccnc2cc1CCC1CCN(C)CC1. The van der Waals surface area contributed by atoms with Crippen LogP contribution >= 0.6 is 0 Å².